The molecule has 0 amide bonds. The van der Waals surface area contributed by atoms with Crippen LogP contribution in [-0.2, 0) is 13.4 Å². The summed E-state index contributed by atoms with van der Waals surface area (Å²) in [6, 6.07) is 0. The number of nitrogens with two attached hydrogens (primary N) is 4. The molecule has 0 fully saturated rings. The Kier molecular flexibility index (Phi) is 642. The molecule has 0 bridgehead atoms. The van der Waals surface area contributed by atoms with Crippen LogP contribution in [0.3, 0.4) is 0 Å². The molecule has 0 heterocycles. The van der Waals surface area contributed by atoms with E-state index in [2.05, 4.69) is 0 Å². The predicted octanol–water partition coefficient (Wildman–Crippen LogP) is 4.67. The first-order chi connectivity index (χ1) is 1.41. The molecule has 0 aliphatic rings. The van der Waals surface area contributed by atoms with Crippen LogP contribution in [0, 0.1) is 0 Å². The Hall–Kier alpha value is 1.24. The Bertz CT molecular complexity index is 11.2. The summed E-state index contributed by atoms with van der Waals surface area (Å²) in [6.07, 6.45) is 0. The molecular weight excluding hydrogens is 214 g/mol. The van der Waals surface area contributed by atoms with Crippen LogP contribution in [-0.4, -0.2) is 0 Å². The van der Waals surface area contributed by atoms with E-state index in [1.165, 1.54) is 0 Å². The number of hydrogen-bond donors (Lipinski definition) is 0. The van der Waals surface area contributed by atoms with Crippen molar-refractivity contribution in [3.63, 3.8) is 0 Å². The van der Waals surface area contributed by atoms with E-state index in [-0.39, 0.29) is 50.4 Å². The maximum Gasteiger partial charge on any atom is -0.693 e. The first-order valence-corrected chi connectivity index (χ1v) is 3.82. The molecule has 8 N–H and O–H groups in total. The van der Waals surface area contributed by atoms with E-state index < -0.39 is 0 Å². The molecule has 4 nitrogen and oxygen atoms in total. The Labute approximate surface area is 70.5 Å². The molecule has 0 rings (SSSR count). The molecule has 0 spiro atoms. The third kappa shape index (κ3) is 183. The van der Waals surface area contributed by atoms with Gasteiger partial charge in [0.05, 0.1) is 0 Å². The molecule has 0 radical (unpaired) electrons. The fourth-order valence-electron chi connectivity index (χ4n) is 0. The van der Waals surface area contributed by atoms with Crippen LogP contribution in [0.1, 0.15) is 0 Å². The van der Waals surface area contributed by atoms with Gasteiger partial charge in [-0.05, 0) is 0 Å². The Balaban J connectivity index is -0.00000000200. The number of halogens is 3. The van der Waals surface area contributed by atoms with Crippen molar-refractivity contribution in [3.05, 3.63) is 24.6 Å². The summed E-state index contributed by atoms with van der Waals surface area (Å²) in [6.45, 7) is 0. The fraction of sp³-hybridized carbons (Fsp3) is 0. The van der Waals surface area contributed by atoms with Gasteiger partial charge in [0, 0.05) is 0 Å². The maximum atomic E-state index is 4.83. The summed E-state index contributed by atoms with van der Waals surface area (Å²) in [5.41, 5.74) is 0. The standard InChI is InChI=1S/3ClH.Cr.4H2N/h3*1H;;4*1H2/q;;;+2;4*-1/p-2. The molecule has 0 aliphatic carbocycles. The minimum Gasteiger partial charge on any atom is -0.693 e. The molecule has 0 aromatic carbocycles. The van der Waals surface area contributed by atoms with E-state index >= 15 is 0 Å². The quantitative estimate of drug-likeness (QED) is 0.564. The van der Waals surface area contributed by atoms with Gasteiger partial charge in [0.15, 0.2) is 0 Å². The van der Waals surface area contributed by atoms with Crippen LogP contribution in [0.4, 0.5) is 0 Å². The van der Waals surface area contributed by atoms with E-state index in [0.717, 1.165) is 0 Å². The summed E-state index contributed by atoms with van der Waals surface area (Å²) in [5.74, 6) is 0. The topological polar surface area (TPSA) is 134 Å². The zero-order chi connectivity index (χ0) is 2.71. The average Bonchev–Trinajstić information content (AvgIpc) is 0.918. The molecule has 60 valence electrons. The zero-order valence-electron chi connectivity index (χ0n) is 3.88. The molecule has 0 aliphatic heterocycles. The van der Waals surface area contributed by atoms with Gasteiger partial charge in [-0.3, -0.25) is 0 Å². The zero-order valence-corrected chi connectivity index (χ0v) is 7.49. The van der Waals surface area contributed by atoms with E-state index in [1.54, 1.807) is 0 Å². The third-order valence-electron chi connectivity index (χ3n) is 0. The minimum absolute atomic E-state index is 0. The van der Waals surface area contributed by atoms with Crippen molar-refractivity contribution >= 4 is 32.5 Å². The molecule has 0 aromatic rings. The van der Waals surface area contributed by atoms with E-state index in [0.29, 0.717) is 0 Å². The van der Waals surface area contributed by atoms with Crippen molar-refractivity contribution in [2.75, 3.05) is 0 Å². The predicted molar refractivity (Wildman–Crippen MR) is 40.1 cm³/mol. The molecule has 8 heavy (non-hydrogen) atoms. The molecular formula is H9Cl3CrN4-4. The van der Waals surface area contributed by atoms with Gasteiger partial charge in [-0.1, -0.05) is 0 Å². The monoisotopic (exact) mass is 222 g/mol. The second-order valence-corrected chi connectivity index (χ2v) is 2.16. The summed E-state index contributed by atoms with van der Waals surface area (Å²) in [7, 11) is 9.65. The van der Waals surface area contributed by atoms with E-state index in [1.807, 2.05) is 0 Å². The first-order valence-electron chi connectivity index (χ1n) is 0.309. The molecule has 0 saturated heterocycles. The second-order valence-electron chi connectivity index (χ2n) is 0.0583. The van der Waals surface area contributed by atoms with E-state index in [9.17, 15) is 0 Å². The van der Waals surface area contributed by atoms with Crippen molar-refractivity contribution in [2.45, 2.75) is 0 Å². The van der Waals surface area contributed by atoms with Crippen LogP contribution >= 0.6 is 32.5 Å². The van der Waals surface area contributed by atoms with Crippen LogP contribution < -0.4 is 0 Å². The van der Waals surface area contributed by atoms with Gasteiger partial charge in [0.2, 0.25) is 0 Å². The Morgan fingerprint density at radius 1 is 0.750 bits per heavy atom. The normalized spacial score (nSPS) is 2.25. The van der Waals surface area contributed by atoms with Crippen molar-refractivity contribution < 1.29 is 13.4 Å². The SMILES string of the molecule is Cl.[Cl][Cr][Cl].[NH2-].[NH2-].[NH2-].[NH2-]. The van der Waals surface area contributed by atoms with Gasteiger partial charge in [-0.25, -0.2) is 0 Å². The van der Waals surface area contributed by atoms with E-state index in [4.69, 9.17) is 20.1 Å². The van der Waals surface area contributed by atoms with Gasteiger partial charge in [-0.15, -0.1) is 12.4 Å². The summed E-state index contributed by atoms with van der Waals surface area (Å²) in [4.78, 5) is 0. The van der Waals surface area contributed by atoms with Crippen LogP contribution in [0.5, 0.6) is 0 Å². The van der Waals surface area contributed by atoms with Gasteiger partial charge >= 0.3 is 33.5 Å². The van der Waals surface area contributed by atoms with Crippen molar-refractivity contribution in [1.29, 1.82) is 0 Å². The van der Waals surface area contributed by atoms with Gasteiger partial charge in [0.25, 0.3) is 0 Å². The van der Waals surface area contributed by atoms with Crippen molar-refractivity contribution in [1.82, 2.24) is 0 Å². The molecule has 8 heteroatoms. The average molecular weight is 223 g/mol. The molecule has 0 saturated carbocycles. The largest absolute Gasteiger partial charge is 0.693 e. The van der Waals surface area contributed by atoms with Crippen LogP contribution in [0.2, 0.25) is 0 Å². The van der Waals surface area contributed by atoms with Gasteiger partial charge in [-0.2, -0.15) is 0 Å². The van der Waals surface area contributed by atoms with Gasteiger partial charge in [0.1, 0.15) is 0 Å². The summed E-state index contributed by atoms with van der Waals surface area (Å²) >= 11 is -0.181. The van der Waals surface area contributed by atoms with Crippen molar-refractivity contribution in [2.24, 2.45) is 0 Å². The third-order valence-corrected chi connectivity index (χ3v) is 0. The first kappa shape index (κ1) is 59.7. The minimum atomic E-state index is -0.181. The Morgan fingerprint density at radius 2 is 0.750 bits per heavy atom. The maximum absolute atomic E-state index is 4.83. The van der Waals surface area contributed by atoms with Gasteiger partial charge < -0.3 is 24.6 Å². The summed E-state index contributed by atoms with van der Waals surface area (Å²) in [5, 5.41) is 0. The number of hydrogen-bond acceptors (Lipinski definition) is 0. The molecule has 0 unspecified atom stereocenters. The van der Waals surface area contributed by atoms with Crippen LogP contribution in [0.25, 0.3) is 24.6 Å². The summed E-state index contributed by atoms with van der Waals surface area (Å²) < 4.78 is 0. The molecule has 0 atom stereocenters. The number of rotatable bonds is 0. The van der Waals surface area contributed by atoms with Crippen molar-refractivity contribution in [3.8, 4) is 0 Å². The Morgan fingerprint density at radius 3 is 0.750 bits per heavy atom. The fourth-order valence-corrected chi connectivity index (χ4v) is 0. The molecule has 0 aromatic heterocycles. The smallest absolute Gasteiger partial charge is 0.693 e. The second kappa shape index (κ2) is 86.0. The van der Waals surface area contributed by atoms with Crippen LogP contribution in [0.15, 0.2) is 0 Å².